The summed E-state index contributed by atoms with van der Waals surface area (Å²) >= 11 is 0. The summed E-state index contributed by atoms with van der Waals surface area (Å²) in [7, 11) is 0. The van der Waals surface area contributed by atoms with Gasteiger partial charge >= 0.3 is 0 Å². The maximum absolute atomic E-state index is 8.45. The van der Waals surface area contributed by atoms with Gasteiger partial charge in [-0.1, -0.05) is 0 Å². The lowest BCUT2D eigenvalue weighted by Crippen LogP contribution is -2.25. The van der Waals surface area contributed by atoms with Crippen LogP contribution in [0.25, 0.3) is 0 Å². The normalized spacial score (nSPS) is 12.1. The minimum atomic E-state index is 0.197. The highest BCUT2D eigenvalue weighted by Gasteiger charge is 2.00. The molecule has 1 rings (SSSR count). The largest absolute Gasteiger partial charge is 0.308 e. The number of hydrogen-bond acceptors (Lipinski definition) is 4. The van der Waals surface area contributed by atoms with Gasteiger partial charge in [-0.3, -0.25) is 9.97 Å². The molecule has 1 unspecified atom stereocenters. The van der Waals surface area contributed by atoms with Gasteiger partial charge in [0.05, 0.1) is 23.9 Å². The minimum absolute atomic E-state index is 0.197. The summed E-state index contributed by atoms with van der Waals surface area (Å²) in [5.41, 5.74) is 1.82. The fourth-order valence-electron chi connectivity index (χ4n) is 0.999. The number of hydrogen-bond donors (Lipinski definition) is 1. The number of nitrogens with zero attached hydrogens (tertiary/aromatic N) is 3. The molecule has 0 amide bonds. The first kappa shape index (κ1) is 10.6. The van der Waals surface area contributed by atoms with Gasteiger partial charge in [-0.15, -0.1) is 0 Å². The van der Waals surface area contributed by atoms with Crippen LogP contribution in [0, 0.1) is 18.3 Å². The van der Waals surface area contributed by atoms with Gasteiger partial charge in [-0.25, -0.2) is 0 Å². The van der Waals surface area contributed by atoms with Crippen LogP contribution in [-0.4, -0.2) is 16.0 Å². The van der Waals surface area contributed by atoms with E-state index in [1.54, 1.807) is 12.4 Å². The first-order valence-corrected chi connectivity index (χ1v) is 4.60. The Morgan fingerprint density at radius 2 is 2.29 bits per heavy atom. The van der Waals surface area contributed by atoms with Gasteiger partial charge in [0.25, 0.3) is 0 Å². The summed E-state index contributed by atoms with van der Waals surface area (Å²) < 4.78 is 0. The summed E-state index contributed by atoms with van der Waals surface area (Å²) in [4.78, 5) is 8.34. The van der Waals surface area contributed by atoms with Crippen LogP contribution < -0.4 is 5.32 Å². The molecule has 4 heteroatoms. The highest BCUT2D eigenvalue weighted by atomic mass is 14.9. The molecule has 1 N–H and O–H groups in total. The SMILES string of the molecule is Cc1cnc(CNC(C)CC#N)cn1. The topological polar surface area (TPSA) is 61.6 Å². The lowest BCUT2D eigenvalue weighted by Gasteiger charge is -2.08. The zero-order valence-corrected chi connectivity index (χ0v) is 8.49. The van der Waals surface area contributed by atoms with E-state index in [0.29, 0.717) is 13.0 Å². The molecule has 0 radical (unpaired) electrons. The van der Waals surface area contributed by atoms with E-state index in [-0.39, 0.29) is 6.04 Å². The van der Waals surface area contributed by atoms with Gasteiger partial charge in [-0.05, 0) is 13.8 Å². The molecular formula is C10H14N4. The van der Waals surface area contributed by atoms with Crippen LogP contribution in [0.15, 0.2) is 12.4 Å². The van der Waals surface area contributed by atoms with Crippen molar-refractivity contribution in [3.05, 3.63) is 23.8 Å². The molecule has 14 heavy (non-hydrogen) atoms. The molecule has 0 aromatic carbocycles. The van der Waals surface area contributed by atoms with E-state index in [9.17, 15) is 0 Å². The summed E-state index contributed by atoms with van der Waals surface area (Å²) in [6.07, 6.45) is 4.01. The highest BCUT2D eigenvalue weighted by molar-refractivity contribution is 5.00. The molecule has 0 bridgehead atoms. The zero-order valence-electron chi connectivity index (χ0n) is 8.49. The van der Waals surface area contributed by atoms with Crippen LogP contribution >= 0.6 is 0 Å². The molecule has 0 aliphatic rings. The van der Waals surface area contributed by atoms with E-state index in [2.05, 4.69) is 21.4 Å². The number of rotatable bonds is 4. The van der Waals surface area contributed by atoms with Gasteiger partial charge in [-0.2, -0.15) is 5.26 Å². The van der Waals surface area contributed by atoms with Crippen LogP contribution in [0.3, 0.4) is 0 Å². The van der Waals surface area contributed by atoms with Crippen molar-refractivity contribution in [3.63, 3.8) is 0 Å². The van der Waals surface area contributed by atoms with Gasteiger partial charge in [0.2, 0.25) is 0 Å². The molecule has 4 nitrogen and oxygen atoms in total. The van der Waals surface area contributed by atoms with Crippen molar-refractivity contribution < 1.29 is 0 Å². The van der Waals surface area contributed by atoms with Crippen molar-refractivity contribution in [3.8, 4) is 6.07 Å². The van der Waals surface area contributed by atoms with Crippen molar-refractivity contribution in [1.29, 1.82) is 5.26 Å². The van der Waals surface area contributed by atoms with Crippen molar-refractivity contribution >= 4 is 0 Å². The lowest BCUT2D eigenvalue weighted by molar-refractivity contribution is 0.550. The van der Waals surface area contributed by atoms with Crippen LogP contribution in [0.5, 0.6) is 0 Å². The molecule has 1 aromatic rings. The van der Waals surface area contributed by atoms with Crippen LogP contribution in [0.4, 0.5) is 0 Å². The van der Waals surface area contributed by atoms with Crippen molar-refractivity contribution in [2.75, 3.05) is 0 Å². The molecule has 1 heterocycles. The third kappa shape index (κ3) is 3.50. The molecule has 0 fully saturated rings. The third-order valence-electron chi connectivity index (χ3n) is 1.86. The molecule has 0 spiro atoms. The van der Waals surface area contributed by atoms with Crippen molar-refractivity contribution in [2.45, 2.75) is 32.9 Å². The van der Waals surface area contributed by atoms with E-state index in [0.717, 1.165) is 11.4 Å². The molecule has 1 aromatic heterocycles. The molecule has 0 saturated heterocycles. The predicted molar refractivity (Wildman–Crippen MR) is 53.3 cm³/mol. The number of aryl methyl sites for hydroxylation is 1. The maximum Gasteiger partial charge on any atom is 0.0724 e. The Kier molecular flexibility index (Phi) is 4.02. The second kappa shape index (κ2) is 5.30. The van der Waals surface area contributed by atoms with Crippen LogP contribution in [-0.2, 0) is 6.54 Å². The van der Waals surface area contributed by atoms with Crippen LogP contribution in [0.2, 0.25) is 0 Å². The van der Waals surface area contributed by atoms with Crippen molar-refractivity contribution in [2.24, 2.45) is 0 Å². The monoisotopic (exact) mass is 190 g/mol. The average Bonchev–Trinajstić information content (AvgIpc) is 2.17. The molecular weight excluding hydrogens is 176 g/mol. The first-order valence-electron chi connectivity index (χ1n) is 4.60. The highest BCUT2D eigenvalue weighted by Crippen LogP contribution is 1.95. The Hall–Kier alpha value is -1.47. The fraction of sp³-hybridized carbons (Fsp3) is 0.500. The smallest absolute Gasteiger partial charge is 0.0724 e. The van der Waals surface area contributed by atoms with Gasteiger partial charge in [0.15, 0.2) is 0 Å². The second-order valence-electron chi connectivity index (χ2n) is 3.29. The molecule has 0 aliphatic heterocycles. The van der Waals surface area contributed by atoms with E-state index in [1.807, 2.05) is 13.8 Å². The minimum Gasteiger partial charge on any atom is -0.308 e. The van der Waals surface area contributed by atoms with E-state index >= 15 is 0 Å². The average molecular weight is 190 g/mol. The van der Waals surface area contributed by atoms with E-state index in [1.165, 1.54) is 0 Å². The van der Waals surface area contributed by atoms with Gasteiger partial charge < -0.3 is 5.32 Å². The number of nitriles is 1. The standard InChI is InChI=1S/C10H14N4/c1-8(3-4-11)12-6-10-7-13-9(2)5-14-10/h5,7-8,12H,3,6H2,1-2H3. The summed E-state index contributed by atoms with van der Waals surface area (Å²) in [5, 5.41) is 11.6. The predicted octanol–water partition coefficient (Wildman–Crippen LogP) is 1.18. The van der Waals surface area contributed by atoms with Crippen LogP contribution in [0.1, 0.15) is 24.7 Å². The van der Waals surface area contributed by atoms with Gasteiger partial charge in [0.1, 0.15) is 0 Å². The Bertz CT molecular complexity index is 312. The fourth-order valence-corrected chi connectivity index (χ4v) is 0.999. The Morgan fingerprint density at radius 1 is 1.50 bits per heavy atom. The lowest BCUT2D eigenvalue weighted by atomic mass is 10.2. The number of nitrogens with one attached hydrogen (secondary N) is 1. The summed E-state index contributed by atoms with van der Waals surface area (Å²) in [6, 6.07) is 2.31. The molecule has 74 valence electrons. The van der Waals surface area contributed by atoms with Gasteiger partial charge in [0, 0.05) is 25.0 Å². The Balaban J connectivity index is 2.39. The third-order valence-corrected chi connectivity index (χ3v) is 1.86. The number of aromatic nitrogens is 2. The summed E-state index contributed by atoms with van der Waals surface area (Å²) in [5.74, 6) is 0. The Morgan fingerprint density at radius 3 is 2.86 bits per heavy atom. The molecule has 0 saturated carbocycles. The van der Waals surface area contributed by atoms with E-state index in [4.69, 9.17) is 5.26 Å². The first-order chi connectivity index (χ1) is 6.72. The zero-order chi connectivity index (χ0) is 10.4. The maximum atomic E-state index is 8.45. The quantitative estimate of drug-likeness (QED) is 0.774. The summed E-state index contributed by atoms with van der Waals surface area (Å²) in [6.45, 7) is 4.55. The molecule has 1 atom stereocenters. The van der Waals surface area contributed by atoms with E-state index < -0.39 is 0 Å². The Labute approximate surface area is 84.0 Å². The molecule has 0 aliphatic carbocycles. The second-order valence-corrected chi connectivity index (χ2v) is 3.29. The van der Waals surface area contributed by atoms with Crippen molar-refractivity contribution in [1.82, 2.24) is 15.3 Å².